The summed E-state index contributed by atoms with van der Waals surface area (Å²) in [5.41, 5.74) is 4.24. The van der Waals surface area contributed by atoms with E-state index in [9.17, 15) is 4.79 Å². The third kappa shape index (κ3) is 2.92. The first kappa shape index (κ1) is 16.3. The quantitative estimate of drug-likeness (QED) is 0.776. The van der Waals surface area contributed by atoms with Gasteiger partial charge >= 0.3 is 0 Å². The van der Waals surface area contributed by atoms with Crippen molar-refractivity contribution in [2.75, 3.05) is 12.4 Å². The zero-order chi connectivity index (χ0) is 17.3. The summed E-state index contributed by atoms with van der Waals surface area (Å²) in [5, 5.41) is 5.74. The minimum absolute atomic E-state index is 0.129. The second-order valence-electron chi connectivity index (χ2n) is 5.57. The van der Waals surface area contributed by atoms with Crippen molar-refractivity contribution in [3.63, 3.8) is 0 Å². The lowest BCUT2D eigenvalue weighted by molar-refractivity contribution is 0.102. The molecule has 0 spiro atoms. The van der Waals surface area contributed by atoms with E-state index in [1.807, 2.05) is 55.0 Å². The minimum Gasteiger partial charge on any atom is -0.496 e. The number of ether oxygens (including phenoxy) is 1. The molecule has 124 valence electrons. The molecule has 0 aliphatic carbocycles. The van der Waals surface area contributed by atoms with Gasteiger partial charge in [0.2, 0.25) is 0 Å². The molecule has 3 rings (SSSR count). The number of nitrogens with zero attached hydrogens (tertiary/aromatic N) is 2. The van der Waals surface area contributed by atoms with Crippen molar-refractivity contribution in [2.45, 2.75) is 20.8 Å². The van der Waals surface area contributed by atoms with Crippen LogP contribution in [-0.4, -0.2) is 22.6 Å². The summed E-state index contributed by atoms with van der Waals surface area (Å²) in [6.07, 6.45) is 1.76. The number of rotatable bonds is 4. The van der Waals surface area contributed by atoms with Gasteiger partial charge in [-0.05, 0) is 50.6 Å². The van der Waals surface area contributed by atoms with Gasteiger partial charge in [0, 0.05) is 28.7 Å². The molecule has 3 aromatic rings. The van der Waals surface area contributed by atoms with E-state index in [0.29, 0.717) is 5.56 Å². The Morgan fingerprint density at radius 1 is 1.25 bits per heavy atom. The van der Waals surface area contributed by atoms with E-state index in [1.54, 1.807) is 24.6 Å². The summed E-state index contributed by atoms with van der Waals surface area (Å²) in [5.74, 6) is 0.672. The molecule has 0 saturated heterocycles. The van der Waals surface area contributed by atoms with Gasteiger partial charge < -0.3 is 10.1 Å². The molecule has 1 N–H and O–H groups in total. The zero-order valence-corrected chi connectivity index (χ0v) is 14.9. The summed E-state index contributed by atoms with van der Waals surface area (Å²) in [4.78, 5) is 17.0. The Hall–Kier alpha value is -2.60. The average Bonchev–Trinajstić information content (AvgIpc) is 3.15. The summed E-state index contributed by atoms with van der Waals surface area (Å²) < 4.78 is 7.25. The number of aromatic nitrogens is 2. The molecule has 0 fully saturated rings. The zero-order valence-electron chi connectivity index (χ0n) is 14.1. The van der Waals surface area contributed by atoms with Gasteiger partial charge in [0.15, 0.2) is 5.13 Å². The fourth-order valence-electron chi connectivity index (χ4n) is 2.77. The maximum absolute atomic E-state index is 12.7. The molecule has 1 aromatic carbocycles. The van der Waals surface area contributed by atoms with Crippen LogP contribution in [-0.2, 0) is 0 Å². The lowest BCUT2D eigenvalue weighted by Crippen LogP contribution is -2.13. The van der Waals surface area contributed by atoms with E-state index in [-0.39, 0.29) is 5.91 Å². The van der Waals surface area contributed by atoms with Gasteiger partial charge in [0.1, 0.15) is 5.75 Å². The van der Waals surface area contributed by atoms with Gasteiger partial charge in [0.25, 0.3) is 5.91 Å². The lowest BCUT2D eigenvalue weighted by Gasteiger charge is -2.09. The molecule has 24 heavy (non-hydrogen) atoms. The Kier molecular flexibility index (Phi) is 4.40. The normalized spacial score (nSPS) is 10.7. The van der Waals surface area contributed by atoms with Crippen molar-refractivity contribution in [1.82, 2.24) is 9.55 Å². The SMILES string of the molecule is COc1ccc(NC(=O)c2cc(C)n(-c3nccs3)c2C)cc1C. The number of carbonyl (C=O) groups excluding carboxylic acids is 1. The number of amides is 1. The number of methoxy groups -OCH3 is 1. The van der Waals surface area contributed by atoms with Gasteiger partial charge in [-0.2, -0.15) is 0 Å². The number of nitrogens with one attached hydrogen (secondary N) is 1. The molecule has 2 heterocycles. The fraction of sp³-hybridized carbons (Fsp3) is 0.222. The Balaban J connectivity index is 1.88. The second kappa shape index (κ2) is 6.49. The van der Waals surface area contributed by atoms with E-state index in [0.717, 1.165) is 33.5 Å². The van der Waals surface area contributed by atoms with Crippen molar-refractivity contribution in [2.24, 2.45) is 0 Å². The van der Waals surface area contributed by atoms with Crippen LogP contribution in [0.4, 0.5) is 5.69 Å². The smallest absolute Gasteiger partial charge is 0.257 e. The lowest BCUT2D eigenvalue weighted by atomic mass is 10.2. The standard InChI is InChI=1S/C18H19N3O2S/c1-11-9-14(5-6-16(11)23-4)20-17(22)15-10-12(2)21(13(15)3)18-19-7-8-24-18/h5-10H,1-4H3,(H,20,22). The predicted octanol–water partition coefficient (Wildman–Crippen LogP) is 4.12. The highest BCUT2D eigenvalue weighted by atomic mass is 32.1. The number of benzene rings is 1. The third-order valence-electron chi connectivity index (χ3n) is 3.94. The highest BCUT2D eigenvalue weighted by molar-refractivity contribution is 7.12. The molecule has 0 radical (unpaired) electrons. The highest BCUT2D eigenvalue weighted by Crippen LogP contribution is 2.25. The topological polar surface area (TPSA) is 56.1 Å². The van der Waals surface area contributed by atoms with E-state index < -0.39 is 0 Å². The maximum Gasteiger partial charge on any atom is 0.257 e. The van der Waals surface area contributed by atoms with E-state index in [4.69, 9.17) is 4.74 Å². The van der Waals surface area contributed by atoms with Crippen LogP contribution in [0.1, 0.15) is 27.3 Å². The summed E-state index contributed by atoms with van der Waals surface area (Å²) in [6, 6.07) is 7.48. The first-order valence-corrected chi connectivity index (χ1v) is 8.44. The summed E-state index contributed by atoms with van der Waals surface area (Å²) in [7, 11) is 1.63. The third-order valence-corrected chi connectivity index (χ3v) is 4.70. The van der Waals surface area contributed by atoms with Gasteiger partial charge in [-0.3, -0.25) is 9.36 Å². The summed E-state index contributed by atoms with van der Waals surface area (Å²) in [6.45, 7) is 5.86. The Morgan fingerprint density at radius 3 is 2.67 bits per heavy atom. The number of carbonyl (C=O) groups is 1. The van der Waals surface area contributed by atoms with Crippen LogP contribution in [0.25, 0.3) is 5.13 Å². The Morgan fingerprint density at radius 2 is 2.04 bits per heavy atom. The molecular weight excluding hydrogens is 322 g/mol. The molecule has 0 bridgehead atoms. The van der Waals surface area contributed by atoms with Crippen molar-refractivity contribution < 1.29 is 9.53 Å². The van der Waals surface area contributed by atoms with Gasteiger partial charge in [-0.1, -0.05) is 0 Å². The van der Waals surface area contributed by atoms with Crippen LogP contribution in [0.2, 0.25) is 0 Å². The molecule has 0 unspecified atom stereocenters. The number of anilines is 1. The molecule has 6 heteroatoms. The van der Waals surface area contributed by atoms with Crippen molar-refractivity contribution in [3.05, 3.63) is 58.4 Å². The molecule has 0 aliphatic heterocycles. The van der Waals surface area contributed by atoms with Gasteiger partial charge in [0.05, 0.1) is 12.7 Å². The first-order chi connectivity index (χ1) is 11.5. The van der Waals surface area contributed by atoms with E-state index >= 15 is 0 Å². The van der Waals surface area contributed by atoms with Crippen molar-refractivity contribution >= 4 is 22.9 Å². The van der Waals surface area contributed by atoms with E-state index in [1.165, 1.54) is 0 Å². The Bertz CT molecular complexity index is 882. The van der Waals surface area contributed by atoms with Crippen LogP contribution in [0.5, 0.6) is 5.75 Å². The second-order valence-corrected chi connectivity index (χ2v) is 6.45. The van der Waals surface area contributed by atoms with Crippen LogP contribution in [0.15, 0.2) is 35.8 Å². The van der Waals surface area contributed by atoms with Crippen LogP contribution in [0.3, 0.4) is 0 Å². The van der Waals surface area contributed by atoms with Gasteiger partial charge in [-0.15, -0.1) is 11.3 Å². The maximum atomic E-state index is 12.7. The molecule has 0 aliphatic rings. The fourth-order valence-corrected chi connectivity index (χ4v) is 3.52. The predicted molar refractivity (Wildman–Crippen MR) is 96.6 cm³/mol. The highest BCUT2D eigenvalue weighted by Gasteiger charge is 2.18. The molecule has 2 aromatic heterocycles. The molecule has 1 amide bonds. The molecule has 0 atom stereocenters. The monoisotopic (exact) mass is 341 g/mol. The van der Waals surface area contributed by atoms with Crippen LogP contribution < -0.4 is 10.1 Å². The first-order valence-electron chi connectivity index (χ1n) is 7.56. The minimum atomic E-state index is -0.129. The van der Waals surface area contributed by atoms with Crippen LogP contribution >= 0.6 is 11.3 Å². The summed E-state index contributed by atoms with van der Waals surface area (Å²) >= 11 is 1.55. The molecule has 5 nitrogen and oxygen atoms in total. The van der Waals surface area contributed by atoms with Crippen LogP contribution in [0, 0.1) is 20.8 Å². The van der Waals surface area contributed by atoms with Crippen molar-refractivity contribution in [1.29, 1.82) is 0 Å². The molecular formula is C18H19N3O2S. The largest absolute Gasteiger partial charge is 0.496 e. The van der Waals surface area contributed by atoms with Crippen molar-refractivity contribution in [3.8, 4) is 10.9 Å². The van der Waals surface area contributed by atoms with E-state index in [2.05, 4.69) is 10.3 Å². The number of aryl methyl sites for hydroxylation is 2. The van der Waals surface area contributed by atoms with Gasteiger partial charge in [-0.25, -0.2) is 4.98 Å². The Labute approximate surface area is 144 Å². The average molecular weight is 341 g/mol. The molecule has 0 saturated carbocycles. The number of hydrogen-bond donors (Lipinski definition) is 1. The number of thiazole rings is 1. The number of hydrogen-bond acceptors (Lipinski definition) is 4.